The third kappa shape index (κ3) is 3.17. The fourth-order valence-electron chi connectivity index (χ4n) is 2.69. The lowest BCUT2D eigenvalue weighted by Gasteiger charge is -2.09. The van der Waals surface area contributed by atoms with Gasteiger partial charge in [0.05, 0.1) is 16.7 Å². The monoisotopic (exact) mass is 382 g/mol. The molecule has 0 saturated heterocycles. The molecular weight excluding hydrogens is 367 g/mol. The summed E-state index contributed by atoms with van der Waals surface area (Å²) in [6.45, 7) is 0. The molecule has 2 aromatic heterocycles. The lowest BCUT2D eigenvalue weighted by Crippen LogP contribution is -2.22. The van der Waals surface area contributed by atoms with E-state index in [0.717, 1.165) is 0 Å². The van der Waals surface area contributed by atoms with Crippen LogP contribution in [0.15, 0.2) is 58.5 Å². The normalized spacial score (nSPS) is 11.2. The van der Waals surface area contributed by atoms with Gasteiger partial charge in [-0.15, -0.1) is 10.2 Å². The van der Waals surface area contributed by atoms with Crippen LogP contribution < -0.4 is 11.4 Å². The third-order valence-electron chi connectivity index (χ3n) is 4.17. The predicted molar refractivity (Wildman–Crippen MR) is 102 cm³/mol. The number of thioether (sulfide) groups is 1. The first-order valence-electron chi connectivity index (χ1n) is 8.08. The molecule has 9 heteroatoms. The number of hydrogen-bond acceptors (Lipinski definition) is 6. The number of nitrogen functional groups attached to an aromatic ring is 1. The first-order valence-corrected chi connectivity index (χ1v) is 9.07. The molecule has 0 bridgehead atoms. The summed E-state index contributed by atoms with van der Waals surface area (Å²) in [4.78, 5) is 17.0. The zero-order valence-electron chi connectivity index (χ0n) is 14.3. The second-order valence-corrected chi connectivity index (χ2v) is 6.82. The molecule has 2 heterocycles. The van der Waals surface area contributed by atoms with Crippen LogP contribution in [0, 0.1) is 5.82 Å². The van der Waals surface area contributed by atoms with Crippen molar-refractivity contribution >= 4 is 22.7 Å². The van der Waals surface area contributed by atoms with E-state index in [1.54, 1.807) is 25.2 Å². The summed E-state index contributed by atoms with van der Waals surface area (Å²) in [5, 5.41) is 9.21. The molecule has 0 aliphatic rings. The summed E-state index contributed by atoms with van der Waals surface area (Å²) < 4.78 is 16.0. The van der Waals surface area contributed by atoms with E-state index in [1.807, 2.05) is 18.2 Å². The highest BCUT2D eigenvalue weighted by atomic mass is 32.2. The van der Waals surface area contributed by atoms with Gasteiger partial charge in [-0.25, -0.2) is 14.1 Å². The van der Waals surface area contributed by atoms with Crippen molar-refractivity contribution in [3.05, 3.63) is 70.5 Å². The van der Waals surface area contributed by atoms with Gasteiger partial charge in [0.15, 0.2) is 5.82 Å². The highest BCUT2D eigenvalue weighted by Gasteiger charge is 2.14. The Labute approximate surface area is 157 Å². The smallest absolute Gasteiger partial charge is 0.261 e. The zero-order chi connectivity index (χ0) is 19.0. The molecule has 0 saturated carbocycles. The van der Waals surface area contributed by atoms with Gasteiger partial charge in [0.25, 0.3) is 5.56 Å². The van der Waals surface area contributed by atoms with Gasteiger partial charge in [-0.1, -0.05) is 23.9 Å². The van der Waals surface area contributed by atoms with Gasteiger partial charge < -0.3 is 5.84 Å². The molecule has 0 aliphatic carbocycles. The van der Waals surface area contributed by atoms with E-state index in [-0.39, 0.29) is 11.4 Å². The first kappa shape index (κ1) is 17.2. The van der Waals surface area contributed by atoms with Crippen LogP contribution in [0.25, 0.3) is 22.3 Å². The predicted octanol–water partition coefficient (Wildman–Crippen LogP) is 2.34. The van der Waals surface area contributed by atoms with Crippen LogP contribution in [0.1, 0.15) is 5.82 Å². The number of halogens is 1. The lowest BCUT2D eigenvalue weighted by atomic mass is 10.2. The maximum absolute atomic E-state index is 13.1. The van der Waals surface area contributed by atoms with Crippen molar-refractivity contribution in [1.82, 2.24) is 24.4 Å². The minimum atomic E-state index is -0.334. The van der Waals surface area contributed by atoms with Gasteiger partial charge in [0, 0.05) is 12.6 Å². The Morgan fingerprint density at radius 3 is 2.63 bits per heavy atom. The van der Waals surface area contributed by atoms with Gasteiger partial charge in [0.1, 0.15) is 11.6 Å². The number of para-hydroxylation sites is 1. The van der Waals surface area contributed by atoms with Crippen LogP contribution in [0.5, 0.6) is 0 Å². The topological polar surface area (TPSA) is 91.6 Å². The van der Waals surface area contributed by atoms with E-state index in [0.29, 0.717) is 39.0 Å². The van der Waals surface area contributed by atoms with Crippen LogP contribution in [-0.4, -0.2) is 24.4 Å². The number of nitrogens with two attached hydrogens (primary N) is 1. The second kappa shape index (κ2) is 6.84. The van der Waals surface area contributed by atoms with Crippen LogP contribution in [0.4, 0.5) is 4.39 Å². The summed E-state index contributed by atoms with van der Waals surface area (Å²) in [7, 11) is 1.69. The van der Waals surface area contributed by atoms with Crippen LogP contribution >= 0.6 is 11.8 Å². The summed E-state index contributed by atoms with van der Waals surface area (Å²) in [6, 6.07) is 13.1. The Balaban J connectivity index is 1.61. The Bertz CT molecular complexity index is 1180. The number of hydrogen-bond donors (Lipinski definition) is 1. The molecule has 0 spiro atoms. The molecule has 27 heavy (non-hydrogen) atoms. The number of rotatable bonds is 4. The van der Waals surface area contributed by atoms with Gasteiger partial charge in [-0.2, -0.15) is 0 Å². The van der Waals surface area contributed by atoms with E-state index in [1.165, 1.54) is 33.1 Å². The van der Waals surface area contributed by atoms with Gasteiger partial charge in [0.2, 0.25) is 5.16 Å². The number of benzene rings is 2. The maximum atomic E-state index is 13.1. The Kier molecular flexibility index (Phi) is 4.36. The Morgan fingerprint density at radius 1 is 1.11 bits per heavy atom. The molecule has 2 aromatic carbocycles. The molecule has 0 amide bonds. The average molecular weight is 382 g/mol. The largest absolute Gasteiger partial charge is 0.335 e. The van der Waals surface area contributed by atoms with E-state index in [4.69, 9.17) is 5.84 Å². The molecule has 0 unspecified atom stereocenters. The molecule has 7 nitrogen and oxygen atoms in total. The van der Waals surface area contributed by atoms with Crippen LogP contribution in [-0.2, 0) is 12.8 Å². The molecule has 4 rings (SSSR count). The molecule has 0 fully saturated rings. The number of fused-ring (bicyclic) bond motifs is 1. The third-order valence-corrected chi connectivity index (χ3v) is 5.11. The molecule has 136 valence electrons. The zero-order valence-corrected chi connectivity index (χ0v) is 15.2. The van der Waals surface area contributed by atoms with Crippen molar-refractivity contribution in [1.29, 1.82) is 0 Å². The molecular formula is C18H15FN6OS. The Hall–Kier alpha value is -3.20. The fraction of sp³-hybridized carbons (Fsp3) is 0.111. The van der Waals surface area contributed by atoms with E-state index < -0.39 is 0 Å². The van der Waals surface area contributed by atoms with Crippen molar-refractivity contribution < 1.29 is 4.39 Å². The van der Waals surface area contributed by atoms with Crippen molar-refractivity contribution in [2.45, 2.75) is 10.9 Å². The molecule has 4 aromatic rings. The highest BCUT2D eigenvalue weighted by Crippen LogP contribution is 2.24. The molecule has 0 atom stereocenters. The molecule has 0 aliphatic heterocycles. The summed E-state index contributed by atoms with van der Waals surface area (Å²) in [6.07, 6.45) is 0. The van der Waals surface area contributed by atoms with Gasteiger partial charge in [-0.3, -0.25) is 9.36 Å². The van der Waals surface area contributed by atoms with E-state index >= 15 is 0 Å². The molecule has 0 radical (unpaired) electrons. The lowest BCUT2D eigenvalue weighted by molar-refractivity contribution is 0.628. The number of aromatic nitrogens is 5. The van der Waals surface area contributed by atoms with E-state index in [2.05, 4.69) is 15.2 Å². The van der Waals surface area contributed by atoms with Crippen molar-refractivity contribution in [2.24, 2.45) is 7.05 Å². The summed E-state index contributed by atoms with van der Waals surface area (Å²) in [5.41, 5.74) is 1.21. The minimum absolute atomic E-state index is 0.0996. The number of nitrogens with zero attached hydrogens (tertiary/aromatic N) is 5. The summed E-state index contributed by atoms with van der Waals surface area (Å²) in [5.74, 6) is 7.18. The standard InChI is InChI=1S/C18H15FN6OS/c1-24-15(21-14-5-3-2-4-13(14)17(24)26)10-27-18-23-22-16(25(18)20)11-6-8-12(19)9-7-11/h2-9H,10,20H2,1H3. The first-order chi connectivity index (χ1) is 13.0. The SMILES string of the molecule is Cn1c(CSc2nnc(-c3ccc(F)cc3)n2N)nc2ccccc2c1=O. The second-order valence-electron chi connectivity index (χ2n) is 5.88. The summed E-state index contributed by atoms with van der Waals surface area (Å²) >= 11 is 1.32. The Morgan fingerprint density at radius 2 is 1.85 bits per heavy atom. The van der Waals surface area contributed by atoms with Crippen LogP contribution in [0.3, 0.4) is 0 Å². The van der Waals surface area contributed by atoms with Crippen LogP contribution in [0.2, 0.25) is 0 Å². The quantitative estimate of drug-likeness (QED) is 0.430. The fourth-order valence-corrected chi connectivity index (χ4v) is 3.53. The highest BCUT2D eigenvalue weighted by molar-refractivity contribution is 7.98. The average Bonchev–Trinajstić information content (AvgIpc) is 3.05. The van der Waals surface area contributed by atoms with Crippen molar-refractivity contribution in [3.8, 4) is 11.4 Å². The van der Waals surface area contributed by atoms with E-state index in [9.17, 15) is 9.18 Å². The van der Waals surface area contributed by atoms with Gasteiger partial charge in [-0.05, 0) is 36.4 Å². The maximum Gasteiger partial charge on any atom is 0.261 e. The minimum Gasteiger partial charge on any atom is -0.335 e. The molecule has 2 N–H and O–H groups in total. The van der Waals surface area contributed by atoms with Crippen molar-refractivity contribution in [3.63, 3.8) is 0 Å². The van der Waals surface area contributed by atoms with Gasteiger partial charge >= 0.3 is 0 Å². The van der Waals surface area contributed by atoms with Crippen molar-refractivity contribution in [2.75, 3.05) is 5.84 Å².